The first-order valence-corrected chi connectivity index (χ1v) is 14.0. The van der Waals surface area contributed by atoms with E-state index in [0.717, 1.165) is 0 Å². The van der Waals surface area contributed by atoms with Gasteiger partial charge < -0.3 is 0 Å². The zero-order valence-corrected chi connectivity index (χ0v) is 22.0. The molecule has 0 aliphatic carbocycles. The Morgan fingerprint density at radius 1 is 0.444 bits per heavy atom. The molecule has 0 saturated carbocycles. The van der Waals surface area contributed by atoms with Gasteiger partial charge in [-0.2, -0.15) is 9.13 Å². The molecule has 0 unspecified atom stereocenters. The highest BCUT2D eigenvalue weighted by molar-refractivity contribution is 5.61. The van der Waals surface area contributed by atoms with Gasteiger partial charge in [0.25, 0.3) is 0 Å². The van der Waals surface area contributed by atoms with Crippen molar-refractivity contribution >= 4 is 0 Å². The molecule has 2 heteroatoms. The van der Waals surface area contributed by atoms with Gasteiger partial charge in [0, 0.05) is 48.5 Å². The molecule has 0 aliphatic rings. The van der Waals surface area contributed by atoms with Crippen molar-refractivity contribution in [1.82, 2.24) is 0 Å². The van der Waals surface area contributed by atoms with E-state index in [0.29, 0.717) is 0 Å². The minimum absolute atomic E-state index is 1.17. The molecule has 36 heavy (non-hydrogen) atoms. The molecule has 0 saturated heterocycles. The molecule has 186 valence electrons. The van der Waals surface area contributed by atoms with Gasteiger partial charge >= 0.3 is 0 Å². The Hall–Kier alpha value is -3.26. The lowest BCUT2D eigenvalue weighted by Gasteiger charge is -2.04. The summed E-state index contributed by atoms with van der Waals surface area (Å²) >= 11 is 0. The summed E-state index contributed by atoms with van der Waals surface area (Å²) < 4.78 is 4.34. The van der Waals surface area contributed by atoms with Crippen molar-refractivity contribution in [3.8, 4) is 22.5 Å². The first kappa shape index (κ1) is 25.8. The average Bonchev–Trinajstić information content (AvgIpc) is 2.95. The highest BCUT2D eigenvalue weighted by Crippen LogP contribution is 2.17. The van der Waals surface area contributed by atoms with E-state index in [-0.39, 0.29) is 0 Å². The smallest absolute Gasteiger partial charge is 0.167 e. The molecule has 4 rings (SSSR count). The predicted molar refractivity (Wildman–Crippen MR) is 150 cm³/mol. The third-order valence-electron chi connectivity index (χ3n) is 7.10. The first-order valence-electron chi connectivity index (χ1n) is 14.0. The summed E-state index contributed by atoms with van der Waals surface area (Å²) in [5.41, 5.74) is 6.28. The van der Waals surface area contributed by atoms with Gasteiger partial charge in [-0.15, -0.1) is 0 Å². The molecule has 0 aliphatic heterocycles. The van der Waals surface area contributed by atoms with E-state index in [2.05, 4.69) is 114 Å². The van der Waals surface area contributed by atoms with Crippen molar-refractivity contribution < 1.29 is 9.13 Å². The third kappa shape index (κ3) is 7.88. The van der Waals surface area contributed by atoms with Crippen LogP contribution in [0.2, 0.25) is 0 Å². The quantitative estimate of drug-likeness (QED) is 0.127. The first-order chi connectivity index (χ1) is 17.8. The van der Waals surface area contributed by atoms with Gasteiger partial charge in [-0.05, 0) is 29.5 Å². The van der Waals surface area contributed by atoms with Crippen LogP contribution in [-0.4, -0.2) is 0 Å². The molecular formula is C34H42N2+2. The number of hydrogen-bond donors (Lipinski definition) is 0. The van der Waals surface area contributed by atoms with E-state index < -0.39 is 0 Å². The van der Waals surface area contributed by atoms with E-state index in [4.69, 9.17) is 0 Å². The standard InChI is InChI=1S/C34H42N2/c1-2-3-4-5-6-7-8-9-10-12-15-30-18-20-34(21-19-30)36-28-24-32(25-29-36)31-22-26-35(27-23-31)33-16-13-11-14-17-33/h11,13-14,16-29H,2-10,12,15H2,1H3/q+2. The Kier molecular flexibility index (Phi) is 10.3. The van der Waals surface area contributed by atoms with Crippen LogP contribution in [0.4, 0.5) is 0 Å². The van der Waals surface area contributed by atoms with E-state index >= 15 is 0 Å². The molecule has 0 amide bonds. The molecule has 2 nitrogen and oxygen atoms in total. The number of aromatic nitrogens is 2. The van der Waals surface area contributed by atoms with Crippen LogP contribution in [0.25, 0.3) is 22.5 Å². The number of unbranched alkanes of at least 4 members (excludes halogenated alkanes) is 9. The number of para-hydroxylation sites is 1. The van der Waals surface area contributed by atoms with E-state index in [9.17, 15) is 0 Å². The summed E-state index contributed by atoms with van der Waals surface area (Å²) in [4.78, 5) is 0. The van der Waals surface area contributed by atoms with Crippen molar-refractivity contribution in [2.24, 2.45) is 0 Å². The van der Waals surface area contributed by atoms with Crippen LogP contribution in [-0.2, 0) is 6.42 Å². The third-order valence-corrected chi connectivity index (χ3v) is 7.10. The number of rotatable bonds is 14. The maximum Gasteiger partial charge on any atom is 0.210 e. The summed E-state index contributed by atoms with van der Waals surface area (Å²) in [6, 6.07) is 28.2. The van der Waals surface area contributed by atoms with E-state index in [1.54, 1.807) is 0 Å². The second kappa shape index (κ2) is 14.3. The van der Waals surface area contributed by atoms with Gasteiger partial charge in [0.05, 0.1) is 0 Å². The monoisotopic (exact) mass is 478 g/mol. The fourth-order valence-corrected chi connectivity index (χ4v) is 4.83. The highest BCUT2D eigenvalue weighted by Gasteiger charge is 2.09. The Bertz CT molecular complexity index is 1130. The fourth-order valence-electron chi connectivity index (χ4n) is 4.83. The summed E-state index contributed by atoms with van der Waals surface area (Å²) in [6.45, 7) is 2.29. The van der Waals surface area contributed by atoms with E-state index in [1.807, 2.05) is 6.07 Å². The van der Waals surface area contributed by atoms with Gasteiger partial charge in [-0.25, -0.2) is 0 Å². The molecule has 4 aromatic rings. The van der Waals surface area contributed by atoms with Gasteiger partial charge in [-0.3, -0.25) is 0 Å². The Balaban J connectivity index is 1.22. The summed E-state index contributed by atoms with van der Waals surface area (Å²) in [5.74, 6) is 0. The molecule has 0 radical (unpaired) electrons. The maximum atomic E-state index is 2.30. The molecule has 2 aromatic heterocycles. The molecule has 0 spiro atoms. The predicted octanol–water partition coefficient (Wildman–Crippen LogP) is 8.37. The Morgan fingerprint density at radius 2 is 0.889 bits per heavy atom. The molecule has 2 heterocycles. The number of nitrogens with zero attached hydrogens (tertiary/aromatic N) is 2. The van der Waals surface area contributed by atoms with Crippen molar-refractivity contribution in [3.05, 3.63) is 109 Å². The Labute approximate surface area is 218 Å². The second-order valence-corrected chi connectivity index (χ2v) is 9.92. The number of pyridine rings is 2. The van der Waals surface area contributed by atoms with Gasteiger partial charge in [0.15, 0.2) is 24.8 Å². The number of benzene rings is 2. The van der Waals surface area contributed by atoms with E-state index in [1.165, 1.54) is 98.7 Å². The number of aryl methyl sites for hydroxylation is 1. The topological polar surface area (TPSA) is 7.76 Å². The SMILES string of the molecule is CCCCCCCCCCCCc1ccc(-[n+]2ccc(-c3cc[n+](-c4ccccc4)cc3)cc2)cc1. The normalized spacial score (nSPS) is 11.0. The lowest BCUT2D eigenvalue weighted by atomic mass is 10.0. The van der Waals surface area contributed by atoms with Crippen LogP contribution >= 0.6 is 0 Å². The van der Waals surface area contributed by atoms with Crippen LogP contribution in [0.5, 0.6) is 0 Å². The lowest BCUT2D eigenvalue weighted by Crippen LogP contribution is -2.29. The van der Waals surface area contributed by atoms with Crippen molar-refractivity contribution in [1.29, 1.82) is 0 Å². The molecule has 0 bridgehead atoms. The summed E-state index contributed by atoms with van der Waals surface area (Å²) in [5, 5.41) is 0. The minimum atomic E-state index is 1.17. The van der Waals surface area contributed by atoms with Crippen LogP contribution in [0.3, 0.4) is 0 Å². The summed E-state index contributed by atoms with van der Waals surface area (Å²) in [7, 11) is 0. The fraction of sp³-hybridized carbons (Fsp3) is 0.353. The van der Waals surface area contributed by atoms with Gasteiger partial charge in [-0.1, -0.05) is 95.0 Å². The minimum Gasteiger partial charge on any atom is -0.167 e. The molecule has 0 fully saturated rings. The molecule has 2 aromatic carbocycles. The zero-order valence-electron chi connectivity index (χ0n) is 22.0. The molecule has 0 N–H and O–H groups in total. The van der Waals surface area contributed by atoms with Crippen LogP contribution in [0.1, 0.15) is 76.7 Å². The second-order valence-electron chi connectivity index (χ2n) is 9.92. The van der Waals surface area contributed by atoms with Gasteiger partial charge in [0.2, 0.25) is 11.4 Å². The van der Waals surface area contributed by atoms with Crippen LogP contribution in [0.15, 0.2) is 104 Å². The highest BCUT2D eigenvalue weighted by atomic mass is 14.9. The molecular weight excluding hydrogens is 436 g/mol. The average molecular weight is 479 g/mol. The van der Waals surface area contributed by atoms with Crippen molar-refractivity contribution in [2.45, 2.75) is 77.6 Å². The van der Waals surface area contributed by atoms with Crippen molar-refractivity contribution in [2.75, 3.05) is 0 Å². The maximum absolute atomic E-state index is 2.30. The number of hydrogen-bond acceptors (Lipinski definition) is 0. The lowest BCUT2D eigenvalue weighted by molar-refractivity contribution is -0.596. The Morgan fingerprint density at radius 3 is 1.39 bits per heavy atom. The van der Waals surface area contributed by atoms with Crippen molar-refractivity contribution in [3.63, 3.8) is 0 Å². The summed E-state index contributed by atoms with van der Waals surface area (Å²) in [6.07, 6.45) is 23.7. The van der Waals surface area contributed by atoms with Crippen LogP contribution < -0.4 is 9.13 Å². The molecule has 0 atom stereocenters. The van der Waals surface area contributed by atoms with Gasteiger partial charge in [0.1, 0.15) is 0 Å². The zero-order chi connectivity index (χ0) is 24.8. The largest absolute Gasteiger partial charge is 0.210 e. The van der Waals surface area contributed by atoms with Crippen LogP contribution in [0, 0.1) is 0 Å².